The molecule has 0 unspecified atom stereocenters. The van der Waals surface area contributed by atoms with Crippen molar-refractivity contribution in [3.63, 3.8) is 0 Å². The van der Waals surface area contributed by atoms with Crippen LogP contribution in [0.4, 0.5) is 0 Å². The van der Waals surface area contributed by atoms with Crippen molar-refractivity contribution < 1.29 is 4.74 Å². The number of benzene rings is 1. The molecule has 1 aliphatic rings. The average Bonchev–Trinajstić information content (AvgIpc) is 3.12. The molecule has 2 aromatic rings. The number of nitrogens with zero attached hydrogens (tertiary/aromatic N) is 3. The van der Waals surface area contributed by atoms with Crippen molar-refractivity contribution in [1.82, 2.24) is 14.8 Å². The number of aromatic nitrogens is 3. The van der Waals surface area contributed by atoms with Crippen LogP contribution < -0.4 is 4.74 Å². The van der Waals surface area contributed by atoms with Gasteiger partial charge in [0, 0.05) is 18.5 Å². The third kappa shape index (κ3) is 2.11. The average molecular weight is 257 g/mol. The van der Waals surface area contributed by atoms with Crippen LogP contribution in [0.1, 0.15) is 35.7 Å². The lowest BCUT2D eigenvalue weighted by molar-refractivity contribution is 0.408. The van der Waals surface area contributed by atoms with Crippen molar-refractivity contribution in [3.8, 4) is 17.1 Å². The molecule has 0 N–H and O–H groups in total. The molecule has 1 heterocycles. The third-order valence-corrected chi connectivity index (χ3v) is 3.66. The summed E-state index contributed by atoms with van der Waals surface area (Å²) in [5, 5.41) is 4.54. The number of rotatable bonds is 3. The summed E-state index contributed by atoms with van der Waals surface area (Å²) in [6.07, 6.45) is 2.49. The molecule has 0 spiro atoms. The van der Waals surface area contributed by atoms with E-state index in [1.54, 1.807) is 7.11 Å². The molecular weight excluding hydrogens is 238 g/mol. The van der Waals surface area contributed by atoms with Crippen LogP contribution in [0.5, 0.6) is 5.75 Å². The molecule has 4 heteroatoms. The highest BCUT2D eigenvalue weighted by Gasteiger charge is 2.29. The number of methoxy groups -OCH3 is 1. The minimum atomic E-state index is 0.617. The second-order valence-electron chi connectivity index (χ2n) is 5.33. The van der Waals surface area contributed by atoms with Gasteiger partial charge in [0.05, 0.1) is 7.11 Å². The summed E-state index contributed by atoms with van der Waals surface area (Å²) in [4.78, 5) is 4.69. The number of hydrogen-bond donors (Lipinski definition) is 0. The van der Waals surface area contributed by atoms with Crippen LogP contribution in [0.3, 0.4) is 0 Å². The maximum Gasteiger partial charge on any atom is 0.181 e. The fraction of sp³-hybridized carbons (Fsp3) is 0.467. The summed E-state index contributed by atoms with van der Waals surface area (Å²) in [6, 6.07) is 4.19. The molecule has 1 aliphatic carbocycles. The molecular formula is C15H19N3O. The second-order valence-corrected chi connectivity index (χ2v) is 5.33. The van der Waals surface area contributed by atoms with Gasteiger partial charge in [-0.15, -0.1) is 0 Å². The molecule has 1 fully saturated rings. The Hall–Kier alpha value is -1.84. The fourth-order valence-corrected chi connectivity index (χ4v) is 2.62. The van der Waals surface area contributed by atoms with Gasteiger partial charge < -0.3 is 4.74 Å². The summed E-state index contributed by atoms with van der Waals surface area (Å²) in [7, 11) is 3.69. The Morgan fingerprint density at radius 2 is 1.84 bits per heavy atom. The minimum Gasteiger partial charge on any atom is -0.496 e. The van der Waals surface area contributed by atoms with E-state index in [0.717, 1.165) is 34.1 Å². The Labute approximate surface area is 113 Å². The molecule has 0 aliphatic heterocycles. The van der Waals surface area contributed by atoms with Gasteiger partial charge in [-0.1, -0.05) is 0 Å². The van der Waals surface area contributed by atoms with Crippen molar-refractivity contribution in [1.29, 1.82) is 0 Å². The standard InChI is InChI=1S/C15H19N3O/c1-9-7-12(8-10(2)13(9)19-4)14-16-15(11-5-6-11)18(3)17-14/h7-8,11H,5-6H2,1-4H3. The van der Waals surface area contributed by atoms with Gasteiger partial charge in [0.2, 0.25) is 0 Å². The largest absolute Gasteiger partial charge is 0.496 e. The molecule has 0 radical (unpaired) electrons. The van der Waals surface area contributed by atoms with E-state index in [1.165, 1.54) is 12.8 Å². The monoisotopic (exact) mass is 257 g/mol. The van der Waals surface area contributed by atoms with Crippen molar-refractivity contribution in [2.45, 2.75) is 32.6 Å². The van der Waals surface area contributed by atoms with Crippen molar-refractivity contribution >= 4 is 0 Å². The quantitative estimate of drug-likeness (QED) is 0.848. The zero-order valence-corrected chi connectivity index (χ0v) is 11.9. The van der Waals surface area contributed by atoms with E-state index in [0.29, 0.717) is 5.92 Å². The van der Waals surface area contributed by atoms with Crippen LogP contribution in [0.15, 0.2) is 12.1 Å². The van der Waals surface area contributed by atoms with Crippen LogP contribution in [0.2, 0.25) is 0 Å². The normalized spacial score (nSPS) is 14.7. The highest BCUT2D eigenvalue weighted by atomic mass is 16.5. The van der Waals surface area contributed by atoms with Gasteiger partial charge in [0.15, 0.2) is 5.82 Å². The minimum absolute atomic E-state index is 0.617. The third-order valence-electron chi connectivity index (χ3n) is 3.66. The van der Waals surface area contributed by atoms with Crippen LogP contribution in [-0.2, 0) is 7.05 Å². The van der Waals surface area contributed by atoms with Gasteiger partial charge in [0.25, 0.3) is 0 Å². The molecule has 0 amide bonds. The highest BCUT2D eigenvalue weighted by Crippen LogP contribution is 2.39. The predicted octanol–water partition coefficient (Wildman–Crippen LogP) is 2.98. The van der Waals surface area contributed by atoms with Crippen molar-refractivity contribution in [2.75, 3.05) is 7.11 Å². The van der Waals surface area contributed by atoms with Crippen LogP contribution in [0.25, 0.3) is 11.4 Å². The zero-order chi connectivity index (χ0) is 13.6. The lowest BCUT2D eigenvalue weighted by atomic mass is 10.1. The van der Waals surface area contributed by atoms with E-state index in [9.17, 15) is 0 Å². The molecule has 0 bridgehead atoms. The van der Waals surface area contributed by atoms with Gasteiger partial charge in [-0.3, -0.25) is 4.68 Å². The van der Waals surface area contributed by atoms with E-state index < -0.39 is 0 Å². The molecule has 19 heavy (non-hydrogen) atoms. The molecule has 1 aromatic carbocycles. The Balaban J connectivity index is 2.04. The Kier molecular flexibility index (Phi) is 2.81. The molecule has 100 valence electrons. The van der Waals surface area contributed by atoms with Gasteiger partial charge in [0.1, 0.15) is 11.6 Å². The number of hydrogen-bond acceptors (Lipinski definition) is 3. The highest BCUT2D eigenvalue weighted by molar-refractivity contribution is 5.61. The van der Waals surface area contributed by atoms with Gasteiger partial charge in [-0.05, 0) is 49.9 Å². The van der Waals surface area contributed by atoms with Crippen molar-refractivity contribution in [3.05, 3.63) is 29.1 Å². The van der Waals surface area contributed by atoms with Crippen LogP contribution >= 0.6 is 0 Å². The SMILES string of the molecule is COc1c(C)cc(-c2nc(C3CC3)n(C)n2)cc1C. The summed E-state index contributed by atoms with van der Waals surface area (Å²) < 4.78 is 7.32. The molecule has 0 saturated heterocycles. The van der Waals surface area contributed by atoms with E-state index >= 15 is 0 Å². The first-order valence-corrected chi connectivity index (χ1v) is 6.66. The van der Waals surface area contributed by atoms with E-state index in [1.807, 2.05) is 11.7 Å². The first kappa shape index (κ1) is 12.2. The maximum atomic E-state index is 5.40. The second kappa shape index (κ2) is 4.37. The zero-order valence-electron chi connectivity index (χ0n) is 11.9. The Bertz CT molecular complexity index is 603. The van der Waals surface area contributed by atoms with Gasteiger partial charge in [-0.25, -0.2) is 4.98 Å². The van der Waals surface area contributed by atoms with E-state index in [-0.39, 0.29) is 0 Å². The van der Waals surface area contributed by atoms with Crippen molar-refractivity contribution in [2.24, 2.45) is 7.05 Å². The number of aryl methyl sites for hydroxylation is 3. The predicted molar refractivity (Wildman–Crippen MR) is 74.4 cm³/mol. The van der Waals surface area contributed by atoms with E-state index in [2.05, 4.69) is 31.1 Å². The molecule has 4 nitrogen and oxygen atoms in total. The summed E-state index contributed by atoms with van der Waals surface area (Å²) in [5.74, 6) is 3.49. The smallest absolute Gasteiger partial charge is 0.181 e. The molecule has 1 saturated carbocycles. The molecule has 0 atom stereocenters. The van der Waals surface area contributed by atoms with Gasteiger partial charge >= 0.3 is 0 Å². The topological polar surface area (TPSA) is 39.9 Å². The summed E-state index contributed by atoms with van der Waals surface area (Å²) in [5.41, 5.74) is 3.31. The van der Waals surface area contributed by atoms with Crippen LogP contribution in [-0.4, -0.2) is 21.9 Å². The summed E-state index contributed by atoms with van der Waals surface area (Å²) in [6.45, 7) is 4.11. The fourth-order valence-electron chi connectivity index (χ4n) is 2.62. The Morgan fingerprint density at radius 3 is 2.37 bits per heavy atom. The van der Waals surface area contributed by atoms with E-state index in [4.69, 9.17) is 9.72 Å². The lowest BCUT2D eigenvalue weighted by Gasteiger charge is -2.09. The molecule has 1 aromatic heterocycles. The van der Waals surface area contributed by atoms with Gasteiger partial charge in [-0.2, -0.15) is 5.10 Å². The maximum absolute atomic E-state index is 5.40. The Morgan fingerprint density at radius 1 is 1.21 bits per heavy atom. The molecule has 3 rings (SSSR count). The first-order valence-electron chi connectivity index (χ1n) is 6.66. The first-order chi connectivity index (χ1) is 9.10. The lowest BCUT2D eigenvalue weighted by Crippen LogP contribution is -1.96. The number of ether oxygens (including phenoxy) is 1. The van der Waals surface area contributed by atoms with Crippen LogP contribution in [0, 0.1) is 13.8 Å². The summed E-state index contributed by atoms with van der Waals surface area (Å²) >= 11 is 0.